The third kappa shape index (κ3) is 3.42. The SMILES string of the molecule is CC1CCCCC1N(C)S(=O)(=O)c1ccc(Cl)c(CN)c1. The summed E-state index contributed by atoms with van der Waals surface area (Å²) in [4.78, 5) is 0.271. The molecule has 118 valence electrons. The first kappa shape index (κ1) is 16.7. The second-order valence-corrected chi connectivity index (χ2v) is 8.21. The fourth-order valence-electron chi connectivity index (χ4n) is 3.05. The molecule has 0 heterocycles. The van der Waals surface area contributed by atoms with Crippen LogP contribution in [0, 0.1) is 5.92 Å². The van der Waals surface area contributed by atoms with Gasteiger partial charge in [0.15, 0.2) is 0 Å². The Labute approximate surface area is 132 Å². The van der Waals surface area contributed by atoms with Crippen LogP contribution < -0.4 is 5.73 Å². The average Bonchev–Trinajstić information content (AvgIpc) is 2.47. The minimum Gasteiger partial charge on any atom is -0.326 e. The maximum absolute atomic E-state index is 12.8. The van der Waals surface area contributed by atoms with Crippen molar-refractivity contribution in [3.05, 3.63) is 28.8 Å². The summed E-state index contributed by atoms with van der Waals surface area (Å²) in [5.74, 6) is 0.389. The van der Waals surface area contributed by atoms with Crippen LogP contribution in [0.1, 0.15) is 38.2 Å². The van der Waals surface area contributed by atoms with E-state index in [0.717, 1.165) is 19.3 Å². The maximum Gasteiger partial charge on any atom is 0.243 e. The zero-order valence-electron chi connectivity index (χ0n) is 12.5. The summed E-state index contributed by atoms with van der Waals surface area (Å²) in [7, 11) is -1.82. The van der Waals surface area contributed by atoms with Gasteiger partial charge in [-0.1, -0.05) is 31.4 Å². The van der Waals surface area contributed by atoms with Gasteiger partial charge < -0.3 is 5.73 Å². The predicted octanol–water partition coefficient (Wildman–Crippen LogP) is 3.00. The topological polar surface area (TPSA) is 63.4 Å². The molecule has 0 bridgehead atoms. The number of hydrogen-bond donors (Lipinski definition) is 1. The van der Waals surface area contributed by atoms with Crippen LogP contribution in [-0.2, 0) is 16.6 Å². The fourth-order valence-corrected chi connectivity index (χ4v) is 4.78. The first-order valence-corrected chi connectivity index (χ1v) is 9.16. The van der Waals surface area contributed by atoms with Crippen molar-refractivity contribution in [1.29, 1.82) is 0 Å². The average molecular weight is 331 g/mol. The summed E-state index contributed by atoms with van der Waals surface area (Å²) in [6.45, 7) is 2.36. The lowest BCUT2D eigenvalue weighted by Gasteiger charge is -2.35. The molecule has 1 saturated carbocycles. The van der Waals surface area contributed by atoms with Crippen molar-refractivity contribution in [3.8, 4) is 0 Å². The van der Waals surface area contributed by atoms with Gasteiger partial charge in [0.05, 0.1) is 4.90 Å². The Bertz CT molecular complexity index is 604. The van der Waals surface area contributed by atoms with Crippen molar-refractivity contribution in [2.24, 2.45) is 11.7 Å². The first-order chi connectivity index (χ1) is 9.87. The first-order valence-electron chi connectivity index (χ1n) is 7.34. The smallest absolute Gasteiger partial charge is 0.243 e. The second kappa shape index (κ2) is 6.65. The fraction of sp³-hybridized carbons (Fsp3) is 0.600. The molecule has 6 heteroatoms. The third-order valence-electron chi connectivity index (χ3n) is 4.45. The highest BCUT2D eigenvalue weighted by Gasteiger charge is 2.33. The van der Waals surface area contributed by atoms with Crippen LogP contribution in [0.25, 0.3) is 0 Å². The molecule has 1 fully saturated rings. The Morgan fingerprint density at radius 1 is 1.33 bits per heavy atom. The van der Waals surface area contributed by atoms with Crippen molar-refractivity contribution in [2.45, 2.75) is 50.1 Å². The minimum absolute atomic E-state index is 0.0701. The van der Waals surface area contributed by atoms with E-state index >= 15 is 0 Å². The maximum atomic E-state index is 12.8. The highest BCUT2D eigenvalue weighted by Crippen LogP contribution is 2.31. The van der Waals surface area contributed by atoms with Gasteiger partial charge in [0, 0.05) is 24.7 Å². The van der Waals surface area contributed by atoms with Gasteiger partial charge in [0.25, 0.3) is 0 Å². The molecular weight excluding hydrogens is 308 g/mol. The summed E-state index contributed by atoms with van der Waals surface area (Å²) >= 11 is 6.01. The van der Waals surface area contributed by atoms with E-state index in [4.69, 9.17) is 17.3 Å². The van der Waals surface area contributed by atoms with E-state index in [1.54, 1.807) is 25.2 Å². The zero-order chi connectivity index (χ0) is 15.6. The van der Waals surface area contributed by atoms with Crippen LogP contribution >= 0.6 is 11.6 Å². The summed E-state index contributed by atoms with van der Waals surface area (Å²) in [6, 6.07) is 4.82. The molecule has 4 nitrogen and oxygen atoms in total. The van der Waals surface area contributed by atoms with E-state index < -0.39 is 10.0 Å². The second-order valence-electron chi connectivity index (χ2n) is 5.81. The van der Waals surface area contributed by atoms with Crippen molar-refractivity contribution in [3.63, 3.8) is 0 Å². The largest absolute Gasteiger partial charge is 0.326 e. The summed E-state index contributed by atoms with van der Waals surface area (Å²) in [5.41, 5.74) is 6.27. The lowest BCUT2D eigenvalue weighted by Crippen LogP contribution is -2.42. The van der Waals surface area contributed by atoms with Gasteiger partial charge in [-0.15, -0.1) is 0 Å². The Hall–Kier alpha value is -0.620. The van der Waals surface area contributed by atoms with Gasteiger partial charge in [-0.3, -0.25) is 0 Å². The third-order valence-corrected chi connectivity index (χ3v) is 6.69. The predicted molar refractivity (Wildman–Crippen MR) is 85.7 cm³/mol. The number of nitrogens with two attached hydrogens (primary N) is 1. The highest BCUT2D eigenvalue weighted by molar-refractivity contribution is 7.89. The molecule has 2 N–H and O–H groups in total. The van der Waals surface area contributed by atoms with Crippen LogP contribution in [0.15, 0.2) is 23.1 Å². The molecule has 0 amide bonds. The molecular formula is C15H23ClN2O2S. The van der Waals surface area contributed by atoms with Gasteiger partial charge in [-0.2, -0.15) is 4.31 Å². The van der Waals surface area contributed by atoms with E-state index in [1.807, 2.05) is 0 Å². The molecule has 0 saturated heterocycles. The van der Waals surface area contributed by atoms with Crippen LogP contribution in [0.2, 0.25) is 5.02 Å². The number of benzene rings is 1. The summed E-state index contributed by atoms with van der Waals surface area (Å²) in [6.07, 6.45) is 4.28. The van der Waals surface area contributed by atoms with E-state index in [0.29, 0.717) is 16.5 Å². The van der Waals surface area contributed by atoms with Crippen molar-refractivity contribution < 1.29 is 8.42 Å². The van der Waals surface area contributed by atoms with Crippen LogP contribution in [0.4, 0.5) is 0 Å². The normalized spacial score (nSPS) is 23.5. The molecule has 21 heavy (non-hydrogen) atoms. The van der Waals surface area contributed by atoms with E-state index in [1.165, 1.54) is 10.7 Å². The van der Waals surface area contributed by atoms with Gasteiger partial charge in [0.2, 0.25) is 10.0 Å². The molecule has 0 aliphatic heterocycles. The van der Waals surface area contributed by atoms with Gasteiger partial charge in [0.1, 0.15) is 0 Å². The lowest BCUT2D eigenvalue weighted by atomic mass is 9.86. The molecule has 0 radical (unpaired) electrons. The quantitative estimate of drug-likeness (QED) is 0.923. The molecule has 0 spiro atoms. The van der Waals surface area contributed by atoms with Crippen LogP contribution in [0.3, 0.4) is 0 Å². The van der Waals surface area contributed by atoms with Crippen molar-refractivity contribution in [1.82, 2.24) is 4.31 Å². The lowest BCUT2D eigenvalue weighted by molar-refractivity contribution is 0.213. The molecule has 1 aliphatic carbocycles. The summed E-state index contributed by atoms with van der Waals surface area (Å²) in [5, 5.41) is 0.505. The Morgan fingerprint density at radius 2 is 2.00 bits per heavy atom. The number of rotatable bonds is 4. The van der Waals surface area contributed by atoms with Gasteiger partial charge in [-0.05, 0) is 42.5 Å². The van der Waals surface area contributed by atoms with Crippen LogP contribution in [0.5, 0.6) is 0 Å². The van der Waals surface area contributed by atoms with Crippen LogP contribution in [-0.4, -0.2) is 25.8 Å². The number of halogens is 1. The molecule has 0 aromatic heterocycles. The zero-order valence-corrected chi connectivity index (χ0v) is 14.1. The van der Waals surface area contributed by atoms with Gasteiger partial charge >= 0.3 is 0 Å². The minimum atomic E-state index is -3.50. The molecule has 2 rings (SSSR count). The molecule has 1 aromatic rings. The van der Waals surface area contributed by atoms with E-state index in [-0.39, 0.29) is 17.5 Å². The number of nitrogens with zero attached hydrogens (tertiary/aromatic N) is 1. The number of hydrogen-bond acceptors (Lipinski definition) is 3. The van der Waals surface area contributed by atoms with Gasteiger partial charge in [-0.25, -0.2) is 8.42 Å². The molecule has 1 aromatic carbocycles. The Kier molecular flexibility index (Phi) is 5.30. The summed E-state index contributed by atoms with van der Waals surface area (Å²) < 4.78 is 27.1. The number of sulfonamides is 1. The molecule has 1 aliphatic rings. The molecule has 2 atom stereocenters. The Balaban J connectivity index is 2.32. The Morgan fingerprint density at radius 3 is 2.62 bits per heavy atom. The highest BCUT2D eigenvalue weighted by atomic mass is 35.5. The van der Waals surface area contributed by atoms with E-state index in [9.17, 15) is 8.42 Å². The van der Waals surface area contributed by atoms with E-state index in [2.05, 4.69) is 6.92 Å². The molecule has 2 unspecified atom stereocenters. The standard InChI is InChI=1S/C15H23ClN2O2S/c1-11-5-3-4-6-15(11)18(2)21(19,20)13-7-8-14(16)12(9-13)10-17/h7-9,11,15H,3-6,10,17H2,1-2H3. The van der Waals surface area contributed by atoms with Crippen molar-refractivity contribution in [2.75, 3.05) is 7.05 Å². The van der Waals surface area contributed by atoms with Crippen molar-refractivity contribution >= 4 is 21.6 Å². The monoisotopic (exact) mass is 330 g/mol.